The fourth-order valence-corrected chi connectivity index (χ4v) is 3.61. The zero-order chi connectivity index (χ0) is 17.9. The van der Waals surface area contributed by atoms with Crippen LogP contribution >= 0.6 is 11.6 Å². The van der Waals surface area contributed by atoms with Gasteiger partial charge in [-0.2, -0.15) is 4.98 Å². The smallest absolute Gasteiger partial charge is 0.266 e. The molecule has 0 bridgehead atoms. The highest BCUT2D eigenvalue weighted by atomic mass is 35.5. The number of aromatic nitrogens is 1. The lowest BCUT2D eigenvalue weighted by Crippen LogP contribution is -2.08. The van der Waals surface area contributed by atoms with Crippen molar-refractivity contribution in [3.8, 4) is 11.7 Å². The summed E-state index contributed by atoms with van der Waals surface area (Å²) in [5.41, 5.74) is 0. The first-order valence-electron chi connectivity index (χ1n) is 7.81. The Morgan fingerprint density at radius 2 is 1.96 bits per heavy atom. The van der Waals surface area contributed by atoms with E-state index in [1.165, 1.54) is 30.5 Å². The molecular formula is C17H17ClN2O4S. The summed E-state index contributed by atoms with van der Waals surface area (Å²) in [7, 11) is -3.86. The summed E-state index contributed by atoms with van der Waals surface area (Å²) in [4.78, 5) is 4.25. The van der Waals surface area contributed by atoms with Crippen LogP contribution in [0.25, 0.3) is 11.7 Å². The first-order chi connectivity index (χ1) is 12.0. The molecule has 3 rings (SSSR count). The van der Waals surface area contributed by atoms with Gasteiger partial charge in [-0.3, -0.25) is 0 Å². The van der Waals surface area contributed by atoms with E-state index < -0.39 is 9.84 Å². The van der Waals surface area contributed by atoms with Gasteiger partial charge in [-0.25, -0.2) is 8.42 Å². The molecule has 25 heavy (non-hydrogen) atoms. The molecule has 2 aromatic heterocycles. The van der Waals surface area contributed by atoms with Crippen molar-refractivity contribution in [2.75, 3.05) is 11.9 Å². The quantitative estimate of drug-likeness (QED) is 0.601. The molecule has 0 saturated heterocycles. The van der Waals surface area contributed by atoms with Gasteiger partial charge in [-0.1, -0.05) is 24.9 Å². The molecule has 0 unspecified atom stereocenters. The van der Waals surface area contributed by atoms with E-state index in [9.17, 15) is 8.42 Å². The fraction of sp³-hybridized carbons (Fsp3) is 0.235. The molecule has 8 heteroatoms. The number of nitrogens with zero attached hydrogens (tertiary/aromatic N) is 1. The molecule has 0 atom stereocenters. The Morgan fingerprint density at radius 3 is 2.60 bits per heavy atom. The average molecular weight is 381 g/mol. The van der Waals surface area contributed by atoms with Crippen molar-refractivity contribution in [2.45, 2.75) is 29.7 Å². The SMILES string of the molecule is CCCCNc1oc(-c2ccco2)nc1S(=O)(=O)c1ccc(Cl)cc1. The number of rotatable bonds is 7. The topological polar surface area (TPSA) is 85.3 Å². The van der Waals surface area contributed by atoms with E-state index in [1.807, 2.05) is 6.92 Å². The first-order valence-corrected chi connectivity index (χ1v) is 9.67. The maximum atomic E-state index is 12.9. The Balaban J connectivity index is 2.04. The second kappa shape index (κ2) is 7.33. The minimum absolute atomic E-state index is 0.0923. The number of oxazole rings is 1. The van der Waals surface area contributed by atoms with Gasteiger partial charge < -0.3 is 14.2 Å². The van der Waals surface area contributed by atoms with Gasteiger partial charge in [0.1, 0.15) is 0 Å². The number of benzene rings is 1. The molecule has 0 radical (unpaired) electrons. The van der Waals surface area contributed by atoms with Crippen molar-refractivity contribution in [3.63, 3.8) is 0 Å². The van der Waals surface area contributed by atoms with Gasteiger partial charge in [0.05, 0.1) is 11.2 Å². The third-order valence-electron chi connectivity index (χ3n) is 3.52. The van der Waals surface area contributed by atoms with Crippen molar-refractivity contribution in [1.82, 2.24) is 4.98 Å². The lowest BCUT2D eigenvalue weighted by atomic mass is 10.3. The average Bonchev–Trinajstić information content (AvgIpc) is 3.25. The van der Waals surface area contributed by atoms with Crippen LogP contribution < -0.4 is 5.32 Å². The maximum Gasteiger partial charge on any atom is 0.266 e. The predicted molar refractivity (Wildman–Crippen MR) is 94.5 cm³/mol. The van der Waals surface area contributed by atoms with Gasteiger partial charge >= 0.3 is 0 Å². The van der Waals surface area contributed by atoms with Crippen LogP contribution in [-0.2, 0) is 9.84 Å². The zero-order valence-electron chi connectivity index (χ0n) is 13.5. The van der Waals surface area contributed by atoms with Gasteiger partial charge in [0.15, 0.2) is 5.76 Å². The summed E-state index contributed by atoms with van der Waals surface area (Å²) in [5, 5.41) is 3.29. The van der Waals surface area contributed by atoms with E-state index in [-0.39, 0.29) is 21.7 Å². The van der Waals surface area contributed by atoms with Crippen molar-refractivity contribution in [3.05, 3.63) is 47.7 Å². The number of hydrogen-bond donors (Lipinski definition) is 1. The molecule has 3 aromatic rings. The van der Waals surface area contributed by atoms with Crippen LogP contribution in [0.2, 0.25) is 5.02 Å². The van der Waals surface area contributed by atoms with Gasteiger partial charge in [-0.15, -0.1) is 0 Å². The summed E-state index contributed by atoms with van der Waals surface area (Å²) >= 11 is 5.84. The zero-order valence-corrected chi connectivity index (χ0v) is 15.1. The van der Waals surface area contributed by atoms with Crippen molar-refractivity contribution in [1.29, 1.82) is 0 Å². The summed E-state index contributed by atoms with van der Waals surface area (Å²) < 4.78 is 36.8. The molecule has 0 amide bonds. The van der Waals surface area contributed by atoms with E-state index in [4.69, 9.17) is 20.4 Å². The monoisotopic (exact) mass is 380 g/mol. The summed E-state index contributed by atoms with van der Waals surface area (Å²) in [6.07, 6.45) is 3.31. The molecule has 0 aliphatic heterocycles. The van der Waals surface area contributed by atoms with Crippen LogP contribution in [0.4, 0.5) is 5.88 Å². The number of unbranched alkanes of at least 4 members (excludes halogenated alkanes) is 1. The molecule has 0 spiro atoms. The molecule has 0 aliphatic rings. The standard InChI is InChI=1S/C17H17ClN2O4S/c1-2-3-10-19-16-17(20-15(24-16)14-5-4-11-23-14)25(21,22)13-8-6-12(18)7-9-13/h4-9,11,19H,2-3,10H2,1H3. The Morgan fingerprint density at radius 1 is 1.20 bits per heavy atom. The van der Waals surface area contributed by atoms with E-state index >= 15 is 0 Å². The highest BCUT2D eigenvalue weighted by Crippen LogP contribution is 2.32. The maximum absolute atomic E-state index is 12.9. The number of nitrogens with one attached hydrogen (secondary N) is 1. The summed E-state index contributed by atoms with van der Waals surface area (Å²) in [6.45, 7) is 2.62. The number of anilines is 1. The van der Waals surface area contributed by atoms with E-state index in [1.54, 1.807) is 12.1 Å². The molecule has 1 aromatic carbocycles. The Labute approximate surface area is 150 Å². The largest absolute Gasteiger partial charge is 0.459 e. The van der Waals surface area contributed by atoms with Crippen molar-refractivity contribution in [2.24, 2.45) is 0 Å². The molecule has 0 saturated carbocycles. The molecule has 132 valence electrons. The van der Waals surface area contributed by atoms with Crippen LogP contribution in [0.3, 0.4) is 0 Å². The van der Waals surface area contributed by atoms with Gasteiger partial charge in [-0.05, 0) is 42.8 Å². The van der Waals surface area contributed by atoms with Crippen molar-refractivity contribution < 1.29 is 17.3 Å². The third kappa shape index (κ3) is 3.72. The molecule has 0 fully saturated rings. The van der Waals surface area contributed by atoms with Crippen molar-refractivity contribution >= 4 is 27.3 Å². The van der Waals surface area contributed by atoms with Crippen LogP contribution in [0, 0.1) is 0 Å². The van der Waals surface area contributed by atoms with E-state index in [0.29, 0.717) is 17.3 Å². The second-order valence-electron chi connectivity index (χ2n) is 5.37. The summed E-state index contributed by atoms with van der Waals surface area (Å²) in [6, 6.07) is 9.25. The van der Waals surface area contributed by atoms with Crippen LogP contribution in [0.1, 0.15) is 19.8 Å². The van der Waals surface area contributed by atoms with Gasteiger partial charge in [0.2, 0.25) is 20.7 Å². The van der Waals surface area contributed by atoms with Crippen LogP contribution in [-0.4, -0.2) is 19.9 Å². The second-order valence-corrected chi connectivity index (χ2v) is 7.67. The minimum Gasteiger partial charge on any atom is -0.459 e. The number of sulfone groups is 1. The molecule has 0 aliphatic carbocycles. The molecule has 1 N–H and O–H groups in total. The van der Waals surface area contributed by atoms with Gasteiger partial charge in [0.25, 0.3) is 5.89 Å². The van der Waals surface area contributed by atoms with E-state index in [0.717, 1.165) is 12.8 Å². The highest BCUT2D eigenvalue weighted by molar-refractivity contribution is 7.91. The minimum atomic E-state index is -3.86. The third-order valence-corrected chi connectivity index (χ3v) is 5.45. The Kier molecular flexibility index (Phi) is 5.15. The fourth-order valence-electron chi connectivity index (χ4n) is 2.21. The molecular weight excluding hydrogens is 364 g/mol. The van der Waals surface area contributed by atoms with E-state index in [2.05, 4.69) is 10.3 Å². The number of hydrogen-bond acceptors (Lipinski definition) is 6. The number of halogens is 1. The summed E-state index contributed by atoms with van der Waals surface area (Å²) in [5.74, 6) is 0.572. The highest BCUT2D eigenvalue weighted by Gasteiger charge is 2.29. The van der Waals surface area contributed by atoms with Crippen LogP contribution in [0.5, 0.6) is 0 Å². The number of furan rings is 1. The van der Waals surface area contributed by atoms with Gasteiger partial charge in [0, 0.05) is 11.6 Å². The Bertz CT molecular complexity index is 932. The first kappa shape index (κ1) is 17.6. The Hall–Kier alpha value is -2.25. The lowest BCUT2D eigenvalue weighted by Gasteiger charge is -2.05. The van der Waals surface area contributed by atoms with Crippen LogP contribution in [0.15, 0.2) is 61.4 Å². The lowest BCUT2D eigenvalue weighted by molar-refractivity contribution is 0.522. The molecule has 6 nitrogen and oxygen atoms in total. The molecule has 2 heterocycles. The predicted octanol–water partition coefficient (Wildman–Crippen LogP) is 4.63. The normalized spacial score (nSPS) is 11.6.